The van der Waals surface area contributed by atoms with Crippen molar-refractivity contribution in [1.82, 2.24) is 0 Å². The van der Waals surface area contributed by atoms with Gasteiger partial charge < -0.3 is 0 Å². The molecule has 0 spiro atoms. The van der Waals surface area contributed by atoms with E-state index in [1.54, 1.807) is 0 Å². The molecule has 0 bridgehead atoms. The van der Waals surface area contributed by atoms with Crippen LogP contribution in [0.25, 0.3) is 10.6 Å². The van der Waals surface area contributed by atoms with Crippen molar-refractivity contribution in [1.29, 1.82) is 5.26 Å². The van der Waals surface area contributed by atoms with E-state index in [9.17, 15) is 0 Å². The molecule has 1 nitrogen and oxygen atoms in total. The van der Waals surface area contributed by atoms with Crippen LogP contribution in [0.2, 0.25) is 0 Å². The van der Waals surface area contributed by atoms with Crippen molar-refractivity contribution in [2.75, 3.05) is 0 Å². The topological polar surface area (TPSA) is 23.8 Å². The van der Waals surface area contributed by atoms with Gasteiger partial charge in [-0.15, -0.1) is 22.7 Å². The highest BCUT2D eigenvalue weighted by molar-refractivity contribution is 9.11. The number of halogens is 2. The normalized spacial score (nSPS) is 12.1. The van der Waals surface area contributed by atoms with E-state index in [0.29, 0.717) is 10.6 Å². The Balaban J connectivity index is 2.51. The van der Waals surface area contributed by atoms with E-state index in [1.165, 1.54) is 22.7 Å². The first-order valence-corrected chi connectivity index (χ1v) is 7.18. The minimum absolute atomic E-state index is 0.514. The lowest BCUT2D eigenvalue weighted by atomic mass is 10.2. The molecule has 0 saturated carbocycles. The maximum Gasteiger partial charge on any atom is 0.102 e. The SMILES string of the molecule is N#CC(=C(Cl)c1ccc(Br)s1)c1cccs1. The van der Waals surface area contributed by atoms with Crippen molar-refractivity contribution in [3.8, 4) is 6.07 Å². The Morgan fingerprint density at radius 2 is 2.12 bits per heavy atom. The Bertz CT molecular complexity index is 563. The Morgan fingerprint density at radius 1 is 1.31 bits per heavy atom. The van der Waals surface area contributed by atoms with Gasteiger partial charge in [-0.3, -0.25) is 0 Å². The molecule has 2 aromatic rings. The number of rotatable bonds is 2. The van der Waals surface area contributed by atoms with Gasteiger partial charge in [0.15, 0.2) is 0 Å². The summed E-state index contributed by atoms with van der Waals surface area (Å²) in [5.74, 6) is 0. The van der Waals surface area contributed by atoms with Gasteiger partial charge in [-0.05, 0) is 39.5 Å². The Kier molecular flexibility index (Phi) is 3.82. The van der Waals surface area contributed by atoms with Crippen LogP contribution >= 0.6 is 50.2 Å². The molecule has 0 amide bonds. The van der Waals surface area contributed by atoms with E-state index in [4.69, 9.17) is 16.9 Å². The molecule has 5 heteroatoms. The predicted molar refractivity (Wildman–Crippen MR) is 74.6 cm³/mol. The molecule has 0 aromatic carbocycles. The largest absolute Gasteiger partial charge is 0.192 e. The molecule has 16 heavy (non-hydrogen) atoms. The van der Waals surface area contributed by atoms with E-state index in [0.717, 1.165) is 13.5 Å². The molecule has 0 saturated heterocycles. The van der Waals surface area contributed by atoms with Crippen LogP contribution in [0.5, 0.6) is 0 Å². The van der Waals surface area contributed by atoms with Crippen LogP contribution in [0.15, 0.2) is 33.4 Å². The maximum atomic E-state index is 9.14. The third-order valence-electron chi connectivity index (χ3n) is 1.89. The molecule has 0 aliphatic rings. The van der Waals surface area contributed by atoms with E-state index in [1.807, 2.05) is 29.6 Å². The van der Waals surface area contributed by atoms with E-state index < -0.39 is 0 Å². The Hall–Kier alpha value is -0.600. The summed E-state index contributed by atoms with van der Waals surface area (Å²) in [7, 11) is 0. The van der Waals surface area contributed by atoms with Crippen LogP contribution in [-0.2, 0) is 0 Å². The first kappa shape index (κ1) is 11.9. The van der Waals surface area contributed by atoms with E-state index in [-0.39, 0.29) is 0 Å². The molecule has 0 radical (unpaired) electrons. The van der Waals surface area contributed by atoms with Gasteiger partial charge in [-0.25, -0.2) is 0 Å². The summed E-state index contributed by atoms with van der Waals surface area (Å²) in [6.45, 7) is 0. The third-order valence-corrected chi connectivity index (χ3v) is 4.92. The van der Waals surface area contributed by atoms with Gasteiger partial charge in [0.05, 0.1) is 14.4 Å². The minimum Gasteiger partial charge on any atom is -0.192 e. The lowest BCUT2D eigenvalue weighted by molar-refractivity contribution is 1.54. The molecule has 0 N–H and O–H groups in total. The van der Waals surface area contributed by atoms with Gasteiger partial charge in [-0.2, -0.15) is 5.26 Å². The van der Waals surface area contributed by atoms with Crippen molar-refractivity contribution in [2.45, 2.75) is 0 Å². The van der Waals surface area contributed by atoms with Gasteiger partial charge in [0, 0.05) is 9.75 Å². The molecule has 2 rings (SSSR count). The maximum absolute atomic E-state index is 9.14. The molecule has 80 valence electrons. The van der Waals surface area contributed by atoms with Gasteiger partial charge in [0.1, 0.15) is 6.07 Å². The van der Waals surface area contributed by atoms with Crippen LogP contribution in [0.3, 0.4) is 0 Å². The number of nitriles is 1. The van der Waals surface area contributed by atoms with Gasteiger partial charge >= 0.3 is 0 Å². The Labute approximate surface area is 115 Å². The van der Waals surface area contributed by atoms with Crippen molar-refractivity contribution in [3.05, 3.63) is 43.2 Å². The molecule has 2 heterocycles. The Morgan fingerprint density at radius 3 is 2.62 bits per heavy atom. The quantitative estimate of drug-likeness (QED) is 0.694. The number of nitrogens with zero attached hydrogens (tertiary/aromatic N) is 1. The highest BCUT2D eigenvalue weighted by Gasteiger charge is 2.11. The first-order chi connectivity index (χ1) is 7.72. The highest BCUT2D eigenvalue weighted by atomic mass is 79.9. The predicted octanol–water partition coefficient (Wildman–Crippen LogP) is 5.20. The van der Waals surface area contributed by atoms with Crippen molar-refractivity contribution in [3.63, 3.8) is 0 Å². The number of hydrogen-bond donors (Lipinski definition) is 0. The fourth-order valence-corrected chi connectivity index (χ4v) is 3.62. The van der Waals surface area contributed by atoms with Crippen LogP contribution < -0.4 is 0 Å². The first-order valence-electron chi connectivity index (χ1n) is 4.32. The molecule has 0 atom stereocenters. The fourth-order valence-electron chi connectivity index (χ4n) is 1.19. The number of hydrogen-bond acceptors (Lipinski definition) is 3. The molecule has 2 aromatic heterocycles. The van der Waals surface area contributed by atoms with Crippen molar-refractivity contribution >= 4 is 60.8 Å². The average Bonchev–Trinajstić information content (AvgIpc) is 2.90. The van der Waals surface area contributed by atoms with Gasteiger partial charge in [0.25, 0.3) is 0 Å². The smallest absolute Gasteiger partial charge is 0.102 e. The van der Waals surface area contributed by atoms with Gasteiger partial charge in [-0.1, -0.05) is 17.7 Å². The molecule has 0 fully saturated rings. The van der Waals surface area contributed by atoms with Crippen LogP contribution in [0, 0.1) is 11.3 Å². The summed E-state index contributed by atoms with van der Waals surface area (Å²) in [4.78, 5) is 1.80. The second-order valence-electron chi connectivity index (χ2n) is 2.88. The van der Waals surface area contributed by atoms with Crippen LogP contribution in [0.1, 0.15) is 9.75 Å². The summed E-state index contributed by atoms with van der Waals surface area (Å²) < 4.78 is 1.00. The minimum atomic E-state index is 0.514. The zero-order valence-corrected chi connectivity index (χ0v) is 11.9. The zero-order valence-electron chi connectivity index (χ0n) is 7.91. The van der Waals surface area contributed by atoms with Crippen LogP contribution in [0.4, 0.5) is 0 Å². The van der Waals surface area contributed by atoms with E-state index in [2.05, 4.69) is 22.0 Å². The molecular formula is C11H5BrClNS2. The molecule has 0 unspecified atom stereocenters. The lowest BCUT2D eigenvalue weighted by Crippen LogP contribution is -1.78. The summed E-state index contributed by atoms with van der Waals surface area (Å²) in [6.07, 6.45) is 0. The summed E-state index contributed by atoms with van der Waals surface area (Å²) in [5.41, 5.74) is 0.533. The third kappa shape index (κ3) is 2.38. The monoisotopic (exact) mass is 329 g/mol. The summed E-state index contributed by atoms with van der Waals surface area (Å²) >= 11 is 12.6. The average molecular weight is 331 g/mol. The van der Waals surface area contributed by atoms with E-state index >= 15 is 0 Å². The number of thiophene rings is 2. The highest BCUT2D eigenvalue weighted by Crippen LogP contribution is 2.36. The standard InChI is InChI=1S/C11H5BrClNS2/c12-10-4-3-9(16-10)11(13)7(6-14)8-2-1-5-15-8/h1-5H. The summed E-state index contributed by atoms with van der Waals surface area (Å²) in [6, 6.07) is 9.79. The summed E-state index contributed by atoms with van der Waals surface area (Å²) in [5, 5.41) is 11.6. The zero-order chi connectivity index (χ0) is 11.5. The van der Waals surface area contributed by atoms with Crippen molar-refractivity contribution in [2.24, 2.45) is 0 Å². The molecule has 0 aliphatic heterocycles. The second kappa shape index (κ2) is 5.15. The molecular weight excluding hydrogens is 326 g/mol. The van der Waals surface area contributed by atoms with Crippen molar-refractivity contribution < 1.29 is 0 Å². The van der Waals surface area contributed by atoms with Crippen LogP contribution in [-0.4, -0.2) is 0 Å². The second-order valence-corrected chi connectivity index (χ2v) is 6.67. The molecule has 0 aliphatic carbocycles. The van der Waals surface area contributed by atoms with Gasteiger partial charge in [0.2, 0.25) is 0 Å². The number of allylic oxidation sites excluding steroid dienone is 1. The fraction of sp³-hybridized carbons (Fsp3) is 0. The lowest BCUT2D eigenvalue weighted by Gasteiger charge is -1.98.